The highest BCUT2D eigenvalue weighted by Gasteiger charge is 2.10. The van der Waals surface area contributed by atoms with Gasteiger partial charge in [0.05, 0.1) is 6.07 Å². The second-order valence-electron chi connectivity index (χ2n) is 4.71. The van der Waals surface area contributed by atoms with Crippen LogP contribution in [0.1, 0.15) is 30.9 Å². The molecule has 0 saturated carbocycles. The Labute approximate surface area is 98.5 Å². The third-order valence-electron chi connectivity index (χ3n) is 2.85. The van der Waals surface area contributed by atoms with Gasteiger partial charge < -0.3 is 0 Å². The Balaban J connectivity index is 2.72. The highest BCUT2D eigenvalue weighted by Crippen LogP contribution is 2.15. The summed E-state index contributed by atoms with van der Waals surface area (Å²) in [4.78, 5) is 1.95. The van der Waals surface area contributed by atoms with Crippen molar-refractivity contribution in [1.82, 2.24) is 4.90 Å². The van der Waals surface area contributed by atoms with Crippen LogP contribution in [-0.4, -0.2) is 25.0 Å². The quantitative estimate of drug-likeness (QED) is 0.774. The van der Waals surface area contributed by atoms with Gasteiger partial charge in [0.1, 0.15) is 6.04 Å². The molecule has 0 spiro atoms. The number of hydrogen-bond acceptors (Lipinski definition) is 2. The first-order valence-electron chi connectivity index (χ1n) is 5.69. The molecule has 0 amide bonds. The number of nitriles is 1. The second-order valence-corrected chi connectivity index (χ2v) is 4.71. The van der Waals surface area contributed by atoms with E-state index in [1.54, 1.807) is 0 Å². The van der Waals surface area contributed by atoms with Crippen molar-refractivity contribution in [2.75, 3.05) is 14.1 Å². The van der Waals surface area contributed by atoms with Crippen molar-refractivity contribution < 1.29 is 0 Å². The van der Waals surface area contributed by atoms with E-state index in [-0.39, 0.29) is 6.04 Å². The minimum atomic E-state index is -0.0371. The molecule has 0 bridgehead atoms. The Morgan fingerprint density at radius 1 is 1.19 bits per heavy atom. The molecule has 0 N–H and O–H groups in total. The number of hydrogen-bond donors (Lipinski definition) is 0. The Hall–Kier alpha value is -1.33. The van der Waals surface area contributed by atoms with Crippen LogP contribution in [0.15, 0.2) is 24.3 Å². The van der Waals surface area contributed by atoms with Crippen molar-refractivity contribution in [3.8, 4) is 6.07 Å². The van der Waals surface area contributed by atoms with Gasteiger partial charge in [-0.3, -0.25) is 4.90 Å². The van der Waals surface area contributed by atoms with E-state index in [2.05, 4.69) is 44.2 Å². The average Bonchev–Trinajstić information content (AvgIpc) is 2.26. The molecule has 2 heteroatoms. The van der Waals surface area contributed by atoms with Crippen molar-refractivity contribution in [1.29, 1.82) is 5.26 Å². The first kappa shape index (κ1) is 12.7. The van der Waals surface area contributed by atoms with Crippen LogP contribution >= 0.6 is 0 Å². The Bertz CT molecular complexity index is 357. The van der Waals surface area contributed by atoms with E-state index in [4.69, 9.17) is 5.26 Å². The summed E-state index contributed by atoms with van der Waals surface area (Å²) in [6, 6.07) is 10.8. The number of rotatable bonds is 4. The van der Waals surface area contributed by atoms with Crippen molar-refractivity contribution in [2.24, 2.45) is 0 Å². The van der Waals surface area contributed by atoms with Crippen LogP contribution in [-0.2, 0) is 6.42 Å². The number of likely N-dealkylation sites (N-methyl/N-ethyl adjacent to an activating group) is 1. The van der Waals surface area contributed by atoms with Gasteiger partial charge in [-0.15, -0.1) is 0 Å². The van der Waals surface area contributed by atoms with E-state index in [0.29, 0.717) is 5.92 Å². The Kier molecular flexibility index (Phi) is 4.52. The average molecular weight is 216 g/mol. The molecule has 0 aromatic heterocycles. The van der Waals surface area contributed by atoms with Gasteiger partial charge in [0.2, 0.25) is 0 Å². The van der Waals surface area contributed by atoms with Crippen LogP contribution in [0.2, 0.25) is 0 Å². The lowest BCUT2D eigenvalue weighted by molar-refractivity contribution is 0.348. The summed E-state index contributed by atoms with van der Waals surface area (Å²) in [6.07, 6.45) is 0.794. The van der Waals surface area contributed by atoms with Gasteiger partial charge in [-0.05, 0) is 31.1 Å². The lowest BCUT2D eigenvalue weighted by atomic mass is 9.99. The van der Waals surface area contributed by atoms with Crippen molar-refractivity contribution in [3.05, 3.63) is 35.4 Å². The lowest BCUT2D eigenvalue weighted by Crippen LogP contribution is -2.28. The second kappa shape index (κ2) is 5.67. The molecule has 1 rings (SSSR count). The highest BCUT2D eigenvalue weighted by molar-refractivity contribution is 5.26. The third-order valence-corrected chi connectivity index (χ3v) is 2.85. The summed E-state index contributed by atoms with van der Waals surface area (Å²) in [6.45, 7) is 4.37. The molecule has 1 atom stereocenters. The van der Waals surface area contributed by atoms with E-state index in [0.717, 1.165) is 6.42 Å². The largest absolute Gasteiger partial charge is 0.294 e. The molecule has 0 fully saturated rings. The number of nitrogens with zero attached hydrogens (tertiary/aromatic N) is 2. The van der Waals surface area contributed by atoms with Crippen LogP contribution in [0.3, 0.4) is 0 Å². The summed E-state index contributed by atoms with van der Waals surface area (Å²) in [5, 5.41) is 9.01. The fraction of sp³-hybridized carbons (Fsp3) is 0.500. The predicted molar refractivity (Wildman–Crippen MR) is 67.3 cm³/mol. The van der Waals surface area contributed by atoms with Crippen LogP contribution in [0.25, 0.3) is 0 Å². The smallest absolute Gasteiger partial charge is 0.101 e. The van der Waals surface area contributed by atoms with Crippen LogP contribution in [0.4, 0.5) is 0 Å². The SMILES string of the molecule is CC(C)c1ccc(CC(C#N)N(C)C)cc1. The molecule has 0 aliphatic carbocycles. The van der Waals surface area contributed by atoms with Gasteiger partial charge in [0.25, 0.3) is 0 Å². The fourth-order valence-corrected chi connectivity index (χ4v) is 1.61. The summed E-state index contributed by atoms with van der Waals surface area (Å²) in [5.41, 5.74) is 2.58. The summed E-state index contributed by atoms with van der Waals surface area (Å²) < 4.78 is 0. The molecule has 16 heavy (non-hydrogen) atoms. The molecule has 0 radical (unpaired) electrons. The Morgan fingerprint density at radius 3 is 2.12 bits per heavy atom. The van der Waals surface area contributed by atoms with Gasteiger partial charge in [0.15, 0.2) is 0 Å². The summed E-state index contributed by atoms with van der Waals surface area (Å²) in [7, 11) is 3.88. The van der Waals surface area contributed by atoms with Crippen LogP contribution in [0, 0.1) is 11.3 Å². The van der Waals surface area contributed by atoms with E-state index >= 15 is 0 Å². The zero-order valence-electron chi connectivity index (χ0n) is 10.6. The monoisotopic (exact) mass is 216 g/mol. The van der Waals surface area contributed by atoms with Gasteiger partial charge in [-0.2, -0.15) is 5.26 Å². The summed E-state index contributed by atoms with van der Waals surface area (Å²) >= 11 is 0. The van der Waals surface area contributed by atoms with Crippen LogP contribution < -0.4 is 0 Å². The first-order valence-corrected chi connectivity index (χ1v) is 5.69. The lowest BCUT2D eigenvalue weighted by Gasteiger charge is -2.17. The van der Waals surface area contributed by atoms with Crippen LogP contribution in [0.5, 0.6) is 0 Å². The van der Waals surface area contributed by atoms with Gasteiger partial charge in [-0.25, -0.2) is 0 Å². The maximum atomic E-state index is 9.01. The normalized spacial score (nSPS) is 12.8. The molecular weight excluding hydrogens is 196 g/mol. The molecule has 1 aromatic carbocycles. The van der Waals surface area contributed by atoms with E-state index < -0.39 is 0 Å². The van der Waals surface area contributed by atoms with Gasteiger partial charge in [-0.1, -0.05) is 38.1 Å². The molecule has 0 saturated heterocycles. The maximum absolute atomic E-state index is 9.01. The van der Waals surface area contributed by atoms with E-state index in [9.17, 15) is 0 Å². The molecule has 1 aromatic rings. The fourth-order valence-electron chi connectivity index (χ4n) is 1.61. The Morgan fingerprint density at radius 2 is 1.75 bits per heavy atom. The zero-order chi connectivity index (χ0) is 12.1. The van der Waals surface area contributed by atoms with Crippen molar-refractivity contribution in [3.63, 3.8) is 0 Å². The predicted octanol–water partition coefficient (Wildman–Crippen LogP) is 2.81. The summed E-state index contributed by atoms with van der Waals surface area (Å²) in [5.74, 6) is 0.565. The minimum absolute atomic E-state index is 0.0371. The highest BCUT2D eigenvalue weighted by atomic mass is 15.1. The van der Waals surface area contributed by atoms with E-state index in [1.807, 2.05) is 19.0 Å². The maximum Gasteiger partial charge on any atom is 0.101 e. The van der Waals surface area contributed by atoms with Gasteiger partial charge in [0, 0.05) is 6.42 Å². The van der Waals surface area contributed by atoms with E-state index in [1.165, 1.54) is 11.1 Å². The molecule has 1 unspecified atom stereocenters. The van der Waals surface area contributed by atoms with Gasteiger partial charge >= 0.3 is 0 Å². The molecule has 86 valence electrons. The standard InChI is InChI=1S/C14H20N2/c1-11(2)13-7-5-12(6-8-13)9-14(10-15)16(3)4/h5-8,11,14H,9H2,1-4H3. The molecule has 0 heterocycles. The van der Waals surface area contributed by atoms with Crippen molar-refractivity contribution in [2.45, 2.75) is 32.2 Å². The molecular formula is C14H20N2. The first-order chi connectivity index (χ1) is 7.54. The molecule has 0 aliphatic rings. The zero-order valence-corrected chi connectivity index (χ0v) is 10.6. The topological polar surface area (TPSA) is 27.0 Å². The minimum Gasteiger partial charge on any atom is -0.294 e. The molecule has 2 nitrogen and oxygen atoms in total. The van der Waals surface area contributed by atoms with Crippen molar-refractivity contribution >= 4 is 0 Å². The number of benzene rings is 1. The molecule has 0 aliphatic heterocycles. The third kappa shape index (κ3) is 3.36.